The van der Waals surface area contributed by atoms with Crippen molar-refractivity contribution >= 4 is 31.9 Å². The van der Waals surface area contributed by atoms with Gasteiger partial charge < -0.3 is 0 Å². The van der Waals surface area contributed by atoms with Gasteiger partial charge in [-0.05, 0) is 37.5 Å². The Morgan fingerprint density at radius 1 is 0.818 bits per heavy atom. The van der Waals surface area contributed by atoms with Crippen molar-refractivity contribution in [3.63, 3.8) is 0 Å². The van der Waals surface area contributed by atoms with Gasteiger partial charge in [0.2, 0.25) is 0 Å². The van der Waals surface area contributed by atoms with Crippen molar-refractivity contribution in [1.82, 2.24) is 0 Å². The van der Waals surface area contributed by atoms with E-state index in [0.29, 0.717) is 0 Å². The van der Waals surface area contributed by atoms with E-state index in [1.165, 1.54) is 42.8 Å². The summed E-state index contributed by atoms with van der Waals surface area (Å²) in [6.07, 6.45) is 7.32. The summed E-state index contributed by atoms with van der Waals surface area (Å²) in [5.74, 6) is 2.08. The second-order valence-corrected chi connectivity index (χ2v) is 4.84. The van der Waals surface area contributed by atoms with Crippen LogP contribution in [0.3, 0.4) is 0 Å². The van der Waals surface area contributed by atoms with Crippen molar-refractivity contribution in [3.8, 4) is 0 Å². The molecule has 0 saturated heterocycles. The molecule has 0 aromatic rings. The standard InChI is InChI=1S/C5H9Br.C4H7Br/c6-4-5-2-1-3-5;5-3-4-1-2-4/h5H,1-4H2;4H,1-3H2. The van der Waals surface area contributed by atoms with Crippen molar-refractivity contribution in [2.75, 3.05) is 10.7 Å². The SMILES string of the molecule is BrCC1CC1.BrCC1CCC1. The van der Waals surface area contributed by atoms with Gasteiger partial charge in [-0.3, -0.25) is 0 Å². The van der Waals surface area contributed by atoms with Gasteiger partial charge in [0, 0.05) is 10.7 Å². The van der Waals surface area contributed by atoms with Crippen LogP contribution in [-0.4, -0.2) is 10.7 Å². The maximum atomic E-state index is 3.43. The lowest BCUT2D eigenvalue weighted by atomic mass is 9.88. The lowest BCUT2D eigenvalue weighted by Crippen LogP contribution is -2.11. The van der Waals surface area contributed by atoms with E-state index in [4.69, 9.17) is 0 Å². The van der Waals surface area contributed by atoms with Crippen molar-refractivity contribution in [2.45, 2.75) is 32.1 Å². The molecule has 0 radical (unpaired) electrons. The second kappa shape index (κ2) is 5.58. The lowest BCUT2D eigenvalue weighted by Gasteiger charge is -2.21. The van der Waals surface area contributed by atoms with Crippen molar-refractivity contribution in [2.24, 2.45) is 11.8 Å². The molecule has 0 N–H and O–H groups in total. The van der Waals surface area contributed by atoms with Crippen LogP contribution in [-0.2, 0) is 0 Å². The molecular formula is C9H16Br2. The van der Waals surface area contributed by atoms with E-state index in [0.717, 1.165) is 11.8 Å². The maximum absolute atomic E-state index is 3.43. The van der Waals surface area contributed by atoms with E-state index in [1.807, 2.05) is 0 Å². The molecule has 0 aromatic heterocycles. The maximum Gasteiger partial charge on any atom is 0.00596 e. The van der Waals surface area contributed by atoms with Gasteiger partial charge in [0.15, 0.2) is 0 Å². The predicted molar refractivity (Wildman–Crippen MR) is 57.7 cm³/mol. The zero-order valence-corrected chi connectivity index (χ0v) is 10.0. The fraction of sp³-hybridized carbons (Fsp3) is 1.00. The monoisotopic (exact) mass is 282 g/mol. The summed E-state index contributed by atoms with van der Waals surface area (Å²) in [7, 11) is 0. The Morgan fingerprint density at radius 2 is 1.27 bits per heavy atom. The third kappa shape index (κ3) is 4.51. The molecular weight excluding hydrogens is 268 g/mol. The number of halogens is 2. The normalized spacial score (nSPS) is 23.5. The molecule has 0 heterocycles. The van der Waals surface area contributed by atoms with Gasteiger partial charge in [-0.25, -0.2) is 0 Å². The first-order valence-electron chi connectivity index (χ1n) is 4.48. The fourth-order valence-corrected chi connectivity index (χ4v) is 2.21. The van der Waals surface area contributed by atoms with Crippen LogP contribution in [0.4, 0.5) is 0 Å². The topological polar surface area (TPSA) is 0 Å². The second-order valence-electron chi connectivity index (χ2n) is 3.55. The predicted octanol–water partition coefficient (Wildman–Crippen LogP) is 3.97. The molecule has 2 aliphatic rings. The number of alkyl halides is 2. The van der Waals surface area contributed by atoms with Gasteiger partial charge in [-0.1, -0.05) is 38.3 Å². The van der Waals surface area contributed by atoms with Crippen LogP contribution >= 0.6 is 31.9 Å². The highest BCUT2D eigenvalue weighted by molar-refractivity contribution is 9.09. The molecule has 2 aliphatic carbocycles. The minimum absolute atomic E-state index is 1.03. The average molecular weight is 284 g/mol. The van der Waals surface area contributed by atoms with E-state index in [9.17, 15) is 0 Å². The molecule has 0 spiro atoms. The van der Waals surface area contributed by atoms with E-state index >= 15 is 0 Å². The first-order valence-corrected chi connectivity index (χ1v) is 6.73. The number of hydrogen-bond acceptors (Lipinski definition) is 0. The van der Waals surface area contributed by atoms with E-state index in [2.05, 4.69) is 31.9 Å². The minimum Gasteiger partial charge on any atom is -0.0925 e. The summed E-state index contributed by atoms with van der Waals surface area (Å²) < 4.78 is 0. The molecule has 0 amide bonds. The molecule has 0 aromatic carbocycles. The summed E-state index contributed by atoms with van der Waals surface area (Å²) in [6, 6.07) is 0. The molecule has 0 unspecified atom stereocenters. The summed E-state index contributed by atoms with van der Waals surface area (Å²) >= 11 is 6.80. The van der Waals surface area contributed by atoms with Gasteiger partial charge in [-0.2, -0.15) is 0 Å². The van der Waals surface area contributed by atoms with Crippen LogP contribution in [0.1, 0.15) is 32.1 Å². The van der Waals surface area contributed by atoms with Crippen molar-refractivity contribution < 1.29 is 0 Å². The Bertz CT molecular complexity index is 93.0. The van der Waals surface area contributed by atoms with Crippen LogP contribution < -0.4 is 0 Å². The van der Waals surface area contributed by atoms with Crippen molar-refractivity contribution in [1.29, 1.82) is 0 Å². The van der Waals surface area contributed by atoms with Crippen LogP contribution in [0, 0.1) is 11.8 Å². The van der Waals surface area contributed by atoms with Crippen LogP contribution in [0.15, 0.2) is 0 Å². The molecule has 2 saturated carbocycles. The molecule has 66 valence electrons. The van der Waals surface area contributed by atoms with Gasteiger partial charge in [-0.15, -0.1) is 0 Å². The van der Waals surface area contributed by atoms with Crippen LogP contribution in [0.2, 0.25) is 0 Å². The highest BCUT2D eigenvalue weighted by atomic mass is 79.9. The van der Waals surface area contributed by atoms with Gasteiger partial charge in [0.1, 0.15) is 0 Å². The summed E-state index contributed by atoms with van der Waals surface area (Å²) in [5.41, 5.74) is 0. The largest absolute Gasteiger partial charge is 0.0925 e. The minimum atomic E-state index is 1.03. The summed E-state index contributed by atoms with van der Waals surface area (Å²) in [6.45, 7) is 0. The number of rotatable bonds is 2. The average Bonchev–Trinajstić information content (AvgIpc) is 2.67. The summed E-state index contributed by atoms with van der Waals surface area (Å²) in [4.78, 5) is 0. The molecule has 0 nitrogen and oxygen atoms in total. The Hall–Kier alpha value is 0.960. The third-order valence-corrected chi connectivity index (χ3v) is 4.19. The van der Waals surface area contributed by atoms with Crippen molar-refractivity contribution in [3.05, 3.63) is 0 Å². The Kier molecular flexibility index (Phi) is 5.09. The van der Waals surface area contributed by atoms with Crippen LogP contribution in [0.5, 0.6) is 0 Å². The Labute approximate surface area is 86.4 Å². The Morgan fingerprint density at radius 3 is 1.27 bits per heavy atom. The molecule has 2 rings (SSSR count). The lowest BCUT2D eigenvalue weighted by molar-refractivity contribution is 0.355. The molecule has 0 atom stereocenters. The van der Waals surface area contributed by atoms with Crippen LogP contribution in [0.25, 0.3) is 0 Å². The molecule has 2 heteroatoms. The fourth-order valence-electron chi connectivity index (χ4n) is 0.919. The van der Waals surface area contributed by atoms with Gasteiger partial charge >= 0.3 is 0 Å². The van der Waals surface area contributed by atoms with E-state index < -0.39 is 0 Å². The smallest absolute Gasteiger partial charge is 0.00596 e. The van der Waals surface area contributed by atoms with E-state index in [1.54, 1.807) is 0 Å². The Balaban J connectivity index is 0.000000112. The quantitative estimate of drug-likeness (QED) is 0.673. The molecule has 11 heavy (non-hydrogen) atoms. The van der Waals surface area contributed by atoms with E-state index in [-0.39, 0.29) is 0 Å². The van der Waals surface area contributed by atoms with Gasteiger partial charge in [0.25, 0.3) is 0 Å². The zero-order valence-electron chi connectivity index (χ0n) is 6.86. The number of hydrogen-bond donors (Lipinski definition) is 0. The first kappa shape index (κ1) is 10.0. The first-order chi connectivity index (χ1) is 5.36. The third-order valence-electron chi connectivity index (χ3n) is 2.36. The molecule has 0 bridgehead atoms. The molecule has 2 fully saturated rings. The summed E-state index contributed by atoms with van der Waals surface area (Å²) in [5, 5.41) is 2.46. The van der Waals surface area contributed by atoms with Gasteiger partial charge in [0.05, 0.1) is 0 Å². The zero-order chi connectivity index (χ0) is 8.10. The highest BCUT2D eigenvalue weighted by Gasteiger charge is 2.18. The highest BCUT2D eigenvalue weighted by Crippen LogP contribution is 2.30. The molecule has 0 aliphatic heterocycles.